The predicted molar refractivity (Wildman–Crippen MR) is 99.9 cm³/mol. The lowest BCUT2D eigenvalue weighted by Crippen LogP contribution is -2.04. The van der Waals surface area contributed by atoms with Crippen LogP contribution < -0.4 is 15.4 Å². The number of ether oxygens (including phenoxy) is 1. The molecule has 3 aromatic rings. The van der Waals surface area contributed by atoms with Crippen LogP contribution in [-0.4, -0.2) is 22.3 Å². The number of benzene rings is 2. The third kappa shape index (κ3) is 4.23. The van der Waals surface area contributed by atoms with E-state index in [0.717, 1.165) is 17.1 Å². The SMILES string of the molecule is COc1ccc(Nc2nncc(Nc3ccccc3C(C)C)n2)cc1. The topological polar surface area (TPSA) is 72.0 Å². The molecule has 25 heavy (non-hydrogen) atoms. The van der Waals surface area contributed by atoms with E-state index in [4.69, 9.17) is 4.74 Å². The van der Waals surface area contributed by atoms with E-state index in [2.05, 4.69) is 45.7 Å². The van der Waals surface area contributed by atoms with Gasteiger partial charge in [-0.2, -0.15) is 10.1 Å². The zero-order valence-electron chi connectivity index (χ0n) is 14.5. The number of hydrogen-bond donors (Lipinski definition) is 2. The normalized spacial score (nSPS) is 10.6. The Morgan fingerprint density at radius 1 is 0.960 bits per heavy atom. The Hall–Kier alpha value is -3.15. The zero-order chi connectivity index (χ0) is 17.6. The van der Waals surface area contributed by atoms with Crippen LogP contribution in [0.3, 0.4) is 0 Å². The van der Waals surface area contributed by atoms with Crippen LogP contribution in [0.2, 0.25) is 0 Å². The molecule has 0 radical (unpaired) electrons. The van der Waals surface area contributed by atoms with E-state index in [-0.39, 0.29) is 0 Å². The highest BCUT2D eigenvalue weighted by atomic mass is 16.5. The van der Waals surface area contributed by atoms with Crippen molar-refractivity contribution in [1.29, 1.82) is 0 Å². The van der Waals surface area contributed by atoms with Crippen molar-refractivity contribution in [2.45, 2.75) is 19.8 Å². The summed E-state index contributed by atoms with van der Waals surface area (Å²) in [5.41, 5.74) is 3.11. The van der Waals surface area contributed by atoms with Crippen LogP contribution in [0.1, 0.15) is 25.3 Å². The highest BCUT2D eigenvalue weighted by Gasteiger charge is 2.08. The van der Waals surface area contributed by atoms with Crippen LogP contribution in [0.25, 0.3) is 0 Å². The second-order valence-electron chi connectivity index (χ2n) is 5.89. The fraction of sp³-hybridized carbons (Fsp3) is 0.211. The van der Waals surface area contributed by atoms with E-state index in [1.54, 1.807) is 13.3 Å². The molecule has 0 spiro atoms. The molecular weight excluding hydrogens is 314 g/mol. The molecule has 128 valence electrons. The van der Waals surface area contributed by atoms with Crippen LogP contribution in [-0.2, 0) is 0 Å². The lowest BCUT2D eigenvalue weighted by atomic mass is 10.0. The molecule has 2 N–H and O–H groups in total. The van der Waals surface area contributed by atoms with Gasteiger partial charge < -0.3 is 15.4 Å². The van der Waals surface area contributed by atoms with Crippen molar-refractivity contribution in [3.05, 3.63) is 60.3 Å². The van der Waals surface area contributed by atoms with Crippen LogP contribution in [0.4, 0.5) is 23.1 Å². The van der Waals surface area contributed by atoms with Gasteiger partial charge in [0.1, 0.15) is 5.75 Å². The molecule has 0 aliphatic carbocycles. The standard InChI is InChI=1S/C19H21N5O/c1-13(2)16-6-4-5-7-17(16)22-18-12-20-24-19(23-18)21-14-8-10-15(25-3)11-9-14/h4-13H,1-3H3,(H2,21,22,23,24). The number of methoxy groups -OCH3 is 1. The number of hydrogen-bond acceptors (Lipinski definition) is 6. The molecule has 1 heterocycles. The fourth-order valence-corrected chi connectivity index (χ4v) is 2.47. The Kier molecular flexibility index (Phi) is 5.09. The number of nitrogens with one attached hydrogen (secondary N) is 2. The fourth-order valence-electron chi connectivity index (χ4n) is 2.47. The predicted octanol–water partition coefficient (Wildman–Crippen LogP) is 4.49. The average molecular weight is 335 g/mol. The minimum absolute atomic E-state index is 0.412. The smallest absolute Gasteiger partial charge is 0.249 e. The van der Waals surface area contributed by atoms with Gasteiger partial charge in [0.2, 0.25) is 5.95 Å². The molecule has 0 bridgehead atoms. The van der Waals surface area contributed by atoms with Crippen molar-refractivity contribution in [2.24, 2.45) is 0 Å². The lowest BCUT2D eigenvalue weighted by Gasteiger charge is -2.14. The molecule has 0 fully saturated rings. The lowest BCUT2D eigenvalue weighted by molar-refractivity contribution is 0.415. The first kappa shape index (κ1) is 16.7. The summed E-state index contributed by atoms with van der Waals surface area (Å²) in [6.07, 6.45) is 1.61. The quantitative estimate of drug-likeness (QED) is 0.691. The molecule has 0 amide bonds. The minimum atomic E-state index is 0.412. The molecular formula is C19H21N5O. The monoisotopic (exact) mass is 335 g/mol. The molecule has 2 aromatic carbocycles. The zero-order valence-corrected chi connectivity index (χ0v) is 14.5. The van der Waals surface area contributed by atoms with Gasteiger partial charge >= 0.3 is 0 Å². The maximum atomic E-state index is 5.15. The van der Waals surface area contributed by atoms with Gasteiger partial charge in [-0.15, -0.1) is 5.10 Å². The molecule has 0 unspecified atom stereocenters. The van der Waals surface area contributed by atoms with Crippen molar-refractivity contribution < 1.29 is 4.74 Å². The second kappa shape index (κ2) is 7.61. The first-order valence-corrected chi connectivity index (χ1v) is 8.12. The summed E-state index contributed by atoms with van der Waals surface area (Å²) in [6, 6.07) is 15.7. The maximum absolute atomic E-state index is 5.15. The Morgan fingerprint density at radius 3 is 2.44 bits per heavy atom. The number of rotatable bonds is 6. The van der Waals surface area contributed by atoms with Gasteiger partial charge in [0.25, 0.3) is 0 Å². The van der Waals surface area contributed by atoms with E-state index in [1.807, 2.05) is 42.5 Å². The van der Waals surface area contributed by atoms with Gasteiger partial charge in [0, 0.05) is 11.4 Å². The van der Waals surface area contributed by atoms with Crippen molar-refractivity contribution >= 4 is 23.1 Å². The van der Waals surface area contributed by atoms with E-state index in [1.165, 1.54) is 5.56 Å². The van der Waals surface area contributed by atoms with Gasteiger partial charge in [-0.25, -0.2) is 0 Å². The molecule has 0 saturated carbocycles. The Bertz CT molecular complexity index is 833. The molecule has 6 nitrogen and oxygen atoms in total. The average Bonchev–Trinajstić information content (AvgIpc) is 2.63. The summed E-state index contributed by atoms with van der Waals surface area (Å²) in [5, 5.41) is 14.5. The van der Waals surface area contributed by atoms with E-state index >= 15 is 0 Å². The first-order chi connectivity index (χ1) is 12.2. The summed E-state index contributed by atoms with van der Waals surface area (Å²) < 4.78 is 5.15. The van der Waals surface area contributed by atoms with E-state index < -0.39 is 0 Å². The van der Waals surface area contributed by atoms with Crippen LogP contribution in [0.15, 0.2) is 54.7 Å². The summed E-state index contributed by atoms with van der Waals surface area (Å²) in [7, 11) is 1.64. The third-order valence-electron chi connectivity index (χ3n) is 3.75. The molecule has 1 aromatic heterocycles. The van der Waals surface area contributed by atoms with Crippen molar-refractivity contribution in [3.8, 4) is 5.75 Å². The Balaban J connectivity index is 1.77. The Morgan fingerprint density at radius 2 is 1.72 bits per heavy atom. The number of nitrogens with zero attached hydrogens (tertiary/aromatic N) is 3. The maximum Gasteiger partial charge on any atom is 0.249 e. The summed E-state index contributed by atoms with van der Waals surface area (Å²) in [4.78, 5) is 4.48. The molecule has 0 saturated heterocycles. The molecule has 3 rings (SSSR count). The largest absolute Gasteiger partial charge is 0.497 e. The molecule has 0 atom stereocenters. The van der Waals surface area contributed by atoms with Crippen molar-refractivity contribution in [2.75, 3.05) is 17.7 Å². The van der Waals surface area contributed by atoms with E-state index in [0.29, 0.717) is 17.7 Å². The van der Waals surface area contributed by atoms with Gasteiger partial charge in [0.05, 0.1) is 13.3 Å². The van der Waals surface area contributed by atoms with Gasteiger partial charge in [-0.3, -0.25) is 0 Å². The van der Waals surface area contributed by atoms with Gasteiger partial charge in [-0.1, -0.05) is 32.0 Å². The van der Waals surface area contributed by atoms with E-state index in [9.17, 15) is 0 Å². The molecule has 0 aliphatic rings. The van der Waals surface area contributed by atoms with Gasteiger partial charge in [0.15, 0.2) is 5.82 Å². The summed E-state index contributed by atoms with van der Waals surface area (Å²) in [6.45, 7) is 4.32. The highest BCUT2D eigenvalue weighted by molar-refractivity contribution is 5.62. The van der Waals surface area contributed by atoms with Crippen molar-refractivity contribution in [3.63, 3.8) is 0 Å². The third-order valence-corrected chi connectivity index (χ3v) is 3.75. The number of aromatic nitrogens is 3. The number of para-hydroxylation sites is 1. The van der Waals surface area contributed by atoms with Crippen LogP contribution in [0.5, 0.6) is 5.75 Å². The first-order valence-electron chi connectivity index (χ1n) is 8.12. The van der Waals surface area contributed by atoms with Crippen LogP contribution >= 0.6 is 0 Å². The highest BCUT2D eigenvalue weighted by Crippen LogP contribution is 2.26. The van der Waals surface area contributed by atoms with Crippen LogP contribution in [0, 0.1) is 0 Å². The minimum Gasteiger partial charge on any atom is -0.497 e. The Labute approximate surface area is 147 Å². The summed E-state index contributed by atoms with van der Waals surface area (Å²) >= 11 is 0. The van der Waals surface area contributed by atoms with Crippen molar-refractivity contribution in [1.82, 2.24) is 15.2 Å². The molecule has 6 heteroatoms. The molecule has 0 aliphatic heterocycles. The number of anilines is 4. The second-order valence-corrected chi connectivity index (χ2v) is 5.89. The van der Waals surface area contributed by atoms with Gasteiger partial charge in [-0.05, 0) is 41.8 Å². The summed E-state index contributed by atoms with van der Waals surface area (Å²) in [5.74, 6) is 2.28.